The van der Waals surface area contributed by atoms with Crippen molar-refractivity contribution in [2.75, 3.05) is 19.8 Å². The molecule has 0 atom stereocenters. The molecule has 0 saturated carbocycles. The van der Waals surface area contributed by atoms with Crippen LogP contribution in [0.15, 0.2) is 12.2 Å². The number of esters is 1. The molecule has 130 valence electrons. The summed E-state index contributed by atoms with van der Waals surface area (Å²) in [4.78, 5) is 11.1. The van der Waals surface area contributed by atoms with Crippen LogP contribution in [0.25, 0.3) is 0 Å². The predicted molar refractivity (Wildman–Crippen MR) is 93.0 cm³/mol. The van der Waals surface area contributed by atoms with Gasteiger partial charge in [0.25, 0.3) is 0 Å². The van der Waals surface area contributed by atoms with Gasteiger partial charge in [0.05, 0.1) is 6.61 Å². The third-order valence-corrected chi connectivity index (χ3v) is 3.52. The highest BCUT2D eigenvalue weighted by Crippen LogP contribution is 2.22. The topological polar surface area (TPSA) is 35.5 Å². The minimum Gasteiger partial charge on any atom is -0.460 e. The van der Waals surface area contributed by atoms with Crippen LogP contribution in [-0.2, 0) is 14.3 Å². The maximum absolute atomic E-state index is 11.1. The Bertz CT molecular complexity index is 302. The van der Waals surface area contributed by atoms with Crippen LogP contribution >= 0.6 is 0 Å². The number of unbranched alkanes of at least 4 members (excludes halogenated alkanes) is 6. The molecule has 0 aliphatic heterocycles. The number of carbonyl (C=O) groups excluding carboxylic acids is 1. The Morgan fingerprint density at radius 2 is 1.41 bits per heavy atom. The van der Waals surface area contributed by atoms with Gasteiger partial charge in [-0.2, -0.15) is 0 Å². The molecule has 0 fully saturated rings. The Kier molecular flexibility index (Phi) is 12.2. The van der Waals surface area contributed by atoms with Crippen LogP contribution in [0.2, 0.25) is 0 Å². The smallest absolute Gasteiger partial charge is 0.333 e. The molecule has 0 saturated heterocycles. The molecule has 0 unspecified atom stereocenters. The third-order valence-electron chi connectivity index (χ3n) is 3.52. The highest BCUT2D eigenvalue weighted by Gasteiger charge is 2.08. The predicted octanol–water partition coefficient (Wildman–Crippen LogP) is 5.29. The molecule has 0 aromatic rings. The Labute approximate surface area is 137 Å². The van der Waals surface area contributed by atoms with Crippen LogP contribution in [0.1, 0.15) is 79.1 Å². The molecule has 0 amide bonds. The summed E-state index contributed by atoms with van der Waals surface area (Å²) in [6.45, 7) is 13.7. The van der Waals surface area contributed by atoms with E-state index in [1.165, 1.54) is 44.9 Å². The molecule has 3 nitrogen and oxygen atoms in total. The van der Waals surface area contributed by atoms with E-state index in [1.54, 1.807) is 6.92 Å². The van der Waals surface area contributed by atoms with Crippen molar-refractivity contribution in [1.82, 2.24) is 0 Å². The van der Waals surface area contributed by atoms with Gasteiger partial charge in [-0.25, -0.2) is 4.79 Å². The van der Waals surface area contributed by atoms with E-state index < -0.39 is 0 Å². The average molecular weight is 312 g/mol. The molecule has 0 spiro atoms. The van der Waals surface area contributed by atoms with Gasteiger partial charge in [-0.1, -0.05) is 65.9 Å². The summed E-state index contributed by atoms with van der Waals surface area (Å²) in [5.41, 5.74) is 0.915. The average Bonchev–Trinajstić information content (AvgIpc) is 2.42. The Morgan fingerprint density at radius 3 is 1.95 bits per heavy atom. The molecule has 0 aliphatic carbocycles. The van der Waals surface area contributed by atoms with Crippen LogP contribution in [0.5, 0.6) is 0 Å². The van der Waals surface area contributed by atoms with E-state index in [4.69, 9.17) is 9.47 Å². The van der Waals surface area contributed by atoms with Crippen LogP contribution in [0, 0.1) is 5.41 Å². The molecule has 0 aromatic heterocycles. The van der Waals surface area contributed by atoms with E-state index in [1.807, 2.05) is 0 Å². The summed E-state index contributed by atoms with van der Waals surface area (Å²) in [7, 11) is 0. The standard InChI is InChI=1S/C19H36O3/c1-17(2)18(20)22-16-15-21-14-12-10-8-6-7-9-11-13-19(3,4)5/h1,6-16H2,2-5H3. The Balaban J connectivity index is 3.15. The first-order chi connectivity index (χ1) is 10.3. The van der Waals surface area contributed by atoms with E-state index in [0.717, 1.165) is 13.0 Å². The van der Waals surface area contributed by atoms with Crippen molar-refractivity contribution in [1.29, 1.82) is 0 Å². The molecule has 22 heavy (non-hydrogen) atoms. The fraction of sp³-hybridized carbons (Fsp3) is 0.842. The van der Waals surface area contributed by atoms with Crippen molar-refractivity contribution < 1.29 is 14.3 Å². The van der Waals surface area contributed by atoms with Crippen molar-refractivity contribution in [3.63, 3.8) is 0 Å². The van der Waals surface area contributed by atoms with Crippen LogP contribution < -0.4 is 0 Å². The highest BCUT2D eigenvalue weighted by molar-refractivity contribution is 5.86. The second-order valence-corrected chi connectivity index (χ2v) is 7.31. The summed E-state index contributed by atoms with van der Waals surface area (Å²) in [6.07, 6.45) is 10.4. The van der Waals surface area contributed by atoms with Crippen LogP contribution in [0.4, 0.5) is 0 Å². The molecule has 0 N–H and O–H groups in total. The first-order valence-electron chi connectivity index (χ1n) is 8.73. The van der Waals surface area contributed by atoms with Gasteiger partial charge in [-0.3, -0.25) is 0 Å². The lowest BCUT2D eigenvalue weighted by Crippen LogP contribution is -2.11. The van der Waals surface area contributed by atoms with Crippen LogP contribution in [0.3, 0.4) is 0 Å². The van der Waals surface area contributed by atoms with E-state index in [2.05, 4.69) is 27.4 Å². The molecular weight excluding hydrogens is 276 g/mol. The van der Waals surface area contributed by atoms with Gasteiger partial charge in [0.15, 0.2) is 0 Å². The molecular formula is C19H36O3. The fourth-order valence-electron chi connectivity index (χ4n) is 2.16. The summed E-state index contributed by atoms with van der Waals surface area (Å²) in [5.74, 6) is -0.338. The largest absolute Gasteiger partial charge is 0.460 e. The van der Waals surface area contributed by atoms with Gasteiger partial charge >= 0.3 is 5.97 Å². The summed E-state index contributed by atoms with van der Waals surface area (Å²) < 4.78 is 10.4. The van der Waals surface area contributed by atoms with Gasteiger partial charge in [0.1, 0.15) is 6.61 Å². The quantitative estimate of drug-likeness (QED) is 0.263. The minimum absolute atomic E-state index is 0.319. The zero-order valence-corrected chi connectivity index (χ0v) is 15.2. The van der Waals surface area contributed by atoms with Gasteiger partial charge < -0.3 is 9.47 Å². The first kappa shape index (κ1) is 21.2. The van der Waals surface area contributed by atoms with E-state index in [0.29, 0.717) is 24.2 Å². The lowest BCUT2D eigenvalue weighted by Gasteiger charge is -2.17. The third kappa shape index (κ3) is 15.6. The number of ether oxygens (including phenoxy) is 2. The summed E-state index contributed by atoms with van der Waals surface area (Å²) in [6, 6.07) is 0. The molecule has 0 bridgehead atoms. The normalized spacial score (nSPS) is 11.5. The number of hydrogen-bond acceptors (Lipinski definition) is 3. The first-order valence-corrected chi connectivity index (χ1v) is 8.73. The SMILES string of the molecule is C=C(C)C(=O)OCCOCCCCCCCCCC(C)(C)C. The van der Waals surface area contributed by atoms with Gasteiger partial charge in [0, 0.05) is 12.2 Å². The van der Waals surface area contributed by atoms with Crippen molar-refractivity contribution in [2.45, 2.75) is 79.1 Å². The number of carbonyl (C=O) groups is 1. The fourth-order valence-corrected chi connectivity index (χ4v) is 2.16. The zero-order valence-electron chi connectivity index (χ0n) is 15.2. The lowest BCUT2D eigenvalue weighted by molar-refractivity contribution is -0.140. The summed E-state index contributed by atoms with van der Waals surface area (Å²) >= 11 is 0. The van der Waals surface area contributed by atoms with Crippen molar-refractivity contribution in [3.8, 4) is 0 Å². The van der Waals surface area contributed by atoms with Gasteiger partial charge in [-0.15, -0.1) is 0 Å². The Hall–Kier alpha value is -0.830. The second kappa shape index (κ2) is 12.7. The van der Waals surface area contributed by atoms with E-state index >= 15 is 0 Å². The molecule has 3 heteroatoms. The monoisotopic (exact) mass is 312 g/mol. The molecule has 0 radical (unpaired) electrons. The van der Waals surface area contributed by atoms with E-state index in [9.17, 15) is 4.79 Å². The van der Waals surface area contributed by atoms with Crippen molar-refractivity contribution >= 4 is 5.97 Å². The molecule has 0 aromatic carbocycles. The Morgan fingerprint density at radius 1 is 0.864 bits per heavy atom. The molecule has 0 aliphatic rings. The maximum Gasteiger partial charge on any atom is 0.333 e. The van der Waals surface area contributed by atoms with E-state index in [-0.39, 0.29) is 5.97 Å². The second-order valence-electron chi connectivity index (χ2n) is 7.31. The number of hydrogen-bond donors (Lipinski definition) is 0. The van der Waals surface area contributed by atoms with Crippen molar-refractivity contribution in [3.05, 3.63) is 12.2 Å². The minimum atomic E-state index is -0.338. The van der Waals surface area contributed by atoms with Gasteiger partial charge in [-0.05, 0) is 25.2 Å². The zero-order chi connectivity index (χ0) is 16.8. The summed E-state index contributed by atoms with van der Waals surface area (Å²) in [5, 5.41) is 0. The van der Waals surface area contributed by atoms with Gasteiger partial charge in [0.2, 0.25) is 0 Å². The van der Waals surface area contributed by atoms with Crippen LogP contribution in [-0.4, -0.2) is 25.8 Å². The highest BCUT2D eigenvalue weighted by atomic mass is 16.6. The molecule has 0 heterocycles. The maximum atomic E-state index is 11.1. The van der Waals surface area contributed by atoms with Crippen molar-refractivity contribution in [2.24, 2.45) is 5.41 Å². The molecule has 0 rings (SSSR count). The number of rotatable bonds is 13. The lowest BCUT2D eigenvalue weighted by atomic mass is 9.89.